The number of carbonyl (C=O) groups is 2. The highest BCUT2D eigenvalue weighted by Gasteiger charge is 2.21. The summed E-state index contributed by atoms with van der Waals surface area (Å²) in [5.74, 6) is -0.226. The maximum Gasteiger partial charge on any atom is 0.254 e. The lowest BCUT2D eigenvalue weighted by Gasteiger charge is -2.18. The second-order valence-corrected chi connectivity index (χ2v) is 8.54. The number of nitrogens with zero attached hydrogens (tertiary/aromatic N) is 1. The second kappa shape index (κ2) is 8.39. The highest BCUT2D eigenvalue weighted by atomic mass is 35.5. The molecule has 0 saturated carbocycles. The van der Waals surface area contributed by atoms with Gasteiger partial charge in [-0.15, -0.1) is 11.3 Å². The molecule has 1 aliphatic rings. The van der Waals surface area contributed by atoms with Crippen LogP contribution < -0.4 is 5.32 Å². The Labute approximate surface area is 178 Å². The summed E-state index contributed by atoms with van der Waals surface area (Å²) >= 11 is 7.98. The van der Waals surface area contributed by atoms with Crippen molar-refractivity contribution in [3.63, 3.8) is 0 Å². The molecule has 0 spiro atoms. The minimum Gasteiger partial charge on any atom is -0.339 e. The van der Waals surface area contributed by atoms with E-state index in [2.05, 4.69) is 5.32 Å². The van der Waals surface area contributed by atoms with Crippen molar-refractivity contribution in [2.45, 2.75) is 19.8 Å². The molecule has 2 heterocycles. The number of benzene rings is 2. The molecule has 0 bridgehead atoms. The van der Waals surface area contributed by atoms with Gasteiger partial charge in [0.1, 0.15) is 0 Å². The summed E-state index contributed by atoms with van der Waals surface area (Å²) in [6.07, 6.45) is 5.31. The van der Waals surface area contributed by atoms with Gasteiger partial charge >= 0.3 is 0 Å². The van der Waals surface area contributed by atoms with Gasteiger partial charge in [0.2, 0.25) is 5.91 Å². The Kier molecular flexibility index (Phi) is 5.69. The Morgan fingerprint density at radius 3 is 2.62 bits per heavy atom. The lowest BCUT2D eigenvalue weighted by Crippen LogP contribution is -2.28. The van der Waals surface area contributed by atoms with Gasteiger partial charge in [-0.3, -0.25) is 9.59 Å². The quantitative estimate of drug-likeness (QED) is 0.542. The highest BCUT2D eigenvalue weighted by Crippen LogP contribution is 2.36. The van der Waals surface area contributed by atoms with E-state index in [9.17, 15) is 9.59 Å². The predicted molar refractivity (Wildman–Crippen MR) is 121 cm³/mol. The summed E-state index contributed by atoms with van der Waals surface area (Å²) < 4.78 is 1.08. The molecule has 4 nitrogen and oxygen atoms in total. The van der Waals surface area contributed by atoms with Crippen molar-refractivity contribution in [2.24, 2.45) is 0 Å². The number of hydrogen-bond donors (Lipinski definition) is 1. The molecule has 1 fully saturated rings. The first-order valence-corrected chi connectivity index (χ1v) is 10.8. The van der Waals surface area contributed by atoms with Crippen molar-refractivity contribution >= 4 is 56.6 Å². The molecule has 1 saturated heterocycles. The van der Waals surface area contributed by atoms with Crippen molar-refractivity contribution < 1.29 is 9.59 Å². The predicted octanol–water partition coefficient (Wildman–Crippen LogP) is 5.75. The number of amides is 2. The SMILES string of the molecule is Cc1c(NC(=O)/C=C/c2sc3ccccc3c2Cl)cccc1C(=O)N1CCCC1. The van der Waals surface area contributed by atoms with E-state index >= 15 is 0 Å². The zero-order chi connectivity index (χ0) is 20.4. The molecular weight excluding hydrogens is 404 g/mol. The van der Waals surface area contributed by atoms with Crippen LogP contribution in [0.2, 0.25) is 5.02 Å². The van der Waals surface area contributed by atoms with Crippen molar-refractivity contribution in [2.75, 3.05) is 18.4 Å². The Hall–Kier alpha value is -2.63. The molecule has 1 N–H and O–H groups in total. The first-order valence-electron chi connectivity index (χ1n) is 9.59. The van der Waals surface area contributed by atoms with Crippen molar-refractivity contribution in [3.8, 4) is 0 Å². The van der Waals surface area contributed by atoms with Gasteiger partial charge in [-0.25, -0.2) is 0 Å². The van der Waals surface area contributed by atoms with E-state index in [0.717, 1.165) is 46.5 Å². The zero-order valence-electron chi connectivity index (χ0n) is 16.1. The minimum atomic E-state index is -0.257. The van der Waals surface area contributed by atoms with Crippen molar-refractivity contribution in [3.05, 3.63) is 69.6 Å². The van der Waals surface area contributed by atoms with E-state index < -0.39 is 0 Å². The lowest BCUT2D eigenvalue weighted by atomic mass is 10.1. The number of carbonyl (C=O) groups excluding carboxylic acids is 2. The summed E-state index contributed by atoms with van der Waals surface area (Å²) in [6.45, 7) is 3.46. The summed E-state index contributed by atoms with van der Waals surface area (Å²) in [4.78, 5) is 27.9. The van der Waals surface area contributed by atoms with Gasteiger partial charge < -0.3 is 10.2 Å². The van der Waals surface area contributed by atoms with Crippen LogP contribution in [0.15, 0.2) is 48.5 Å². The fourth-order valence-electron chi connectivity index (χ4n) is 3.56. The monoisotopic (exact) mass is 424 g/mol. The van der Waals surface area contributed by atoms with Crippen LogP contribution >= 0.6 is 22.9 Å². The maximum absolute atomic E-state index is 12.7. The molecule has 6 heteroatoms. The third-order valence-corrected chi connectivity index (χ3v) is 6.82. The second-order valence-electron chi connectivity index (χ2n) is 7.08. The Morgan fingerprint density at radius 2 is 1.86 bits per heavy atom. The molecule has 3 aromatic rings. The van der Waals surface area contributed by atoms with Crippen molar-refractivity contribution in [1.29, 1.82) is 0 Å². The zero-order valence-corrected chi connectivity index (χ0v) is 17.6. The van der Waals surface area contributed by atoms with E-state index in [0.29, 0.717) is 16.3 Å². The van der Waals surface area contributed by atoms with Crippen LogP contribution in [-0.2, 0) is 4.79 Å². The molecular formula is C23H21ClN2O2S. The molecule has 4 rings (SSSR count). The number of anilines is 1. The fraction of sp³-hybridized carbons (Fsp3) is 0.217. The van der Waals surface area contributed by atoms with Crippen LogP contribution in [0.1, 0.15) is 33.6 Å². The van der Waals surface area contributed by atoms with Gasteiger partial charge in [-0.1, -0.05) is 35.9 Å². The van der Waals surface area contributed by atoms with Crippen LogP contribution in [0.5, 0.6) is 0 Å². The minimum absolute atomic E-state index is 0.0312. The molecule has 0 unspecified atom stereocenters. The molecule has 2 aromatic carbocycles. The van der Waals surface area contributed by atoms with Crippen LogP contribution in [0.3, 0.4) is 0 Å². The van der Waals surface area contributed by atoms with Crippen LogP contribution in [0, 0.1) is 6.92 Å². The number of hydrogen-bond acceptors (Lipinski definition) is 3. The maximum atomic E-state index is 12.7. The number of likely N-dealkylation sites (tertiary alicyclic amines) is 1. The molecule has 0 atom stereocenters. The largest absolute Gasteiger partial charge is 0.339 e. The van der Waals surface area contributed by atoms with Gasteiger partial charge in [0, 0.05) is 45.4 Å². The van der Waals surface area contributed by atoms with Gasteiger partial charge in [-0.05, 0) is 49.6 Å². The number of nitrogens with one attached hydrogen (secondary N) is 1. The number of rotatable bonds is 4. The third-order valence-electron chi connectivity index (χ3n) is 5.16. The first-order chi connectivity index (χ1) is 14.0. The fourth-order valence-corrected chi connectivity index (χ4v) is 4.96. The highest BCUT2D eigenvalue weighted by molar-refractivity contribution is 7.20. The van der Waals surface area contributed by atoms with Gasteiger partial charge in [0.15, 0.2) is 0 Å². The number of fused-ring (bicyclic) bond motifs is 1. The topological polar surface area (TPSA) is 49.4 Å². The molecule has 2 amide bonds. The summed E-state index contributed by atoms with van der Waals surface area (Å²) in [5, 5.41) is 4.53. The average Bonchev–Trinajstić information content (AvgIpc) is 3.36. The van der Waals surface area contributed by atoms with E-state index in [4.69, 9.17) is 11.6 Å². The molecule has 0 aliphatic carbocycles. The van der Waals surface area contributed by atoms with Gasteiger partial charge in [0.05, 0.1) is 5.02 Å². The van der Waals surface area contributed by atoms with Crippen LogP contribution in [0.4, 0.5) is 5.69 Å². The Bertz CT molecular complexity index is 1110. The normalized spacial score (nSPS) is 14.1. The van der Waals surface area contributed by atoms with Crippen LogP contribution in [0.25, 0.3) is 16.2 Å². The molecule has 148 valence electrons. The first kappa shape index (κ1) is 19.7. The van der Waals surface area contributed by atoms with Gasteiger partial charge in [-0.2, -0.15) is 0 Å². The summed E-state index contributed by atoms with van der Waals surface area (Å²) in [7, 11) is 0. The van der Waals surface area contributed by atoms with Crippen LogP contribution in [-0.4, -0.2) is 29.8 Å². The molecule has 1 aliphatic heterocycles. The number of halogens is 1. The van der Waals surface area contributed by atoms with Crippen molar-refractivity contribution in [1.82, 2.24) is 4.90 Å². The Balaban J connectivity index is 1.50. The lowest BCUT2D eigenvalue weighted by molar-refractivity contribution is -0.111. The molecule has 1 aromatic heterocycles. The van der Waals surface area contributed by atoms with E-state index in [1.165, 1.54) is 6.08 Å². The smallest absolute Gasteiger partial charge is 0.254 e. The number of thiophene rings is 1. The molecule has 0 radical (unpaired) electrons. The standard InChI is InChI=1S/C23H21ClN2O2S/c1-15-16(23(28)26-13-4-5-14-26)8-6-9-18(15)25-21(27)12-11-20-22(24)17-7-2-3-10-19(17)29-20/h2-3,6-12H,4-5,13-14H2,1H3,(H,25,27)/b12-11+. The summed E-state index contributed by atoms with van der Waals surface area (Å²) in [6, 6.07) is 13.3. The molecule has 29 heavy (non-hydrogen) atoms. The third kappa shape index (κ3) is 4.07. The Morgan fingerprint density at radius 1 is 1.10 bits per heavy atom. The average molecular weight is 425 g/mol. The van der Waals surface area contributed by atoms with E-state index in [1.54, 1.807) is 23.5 Å². The van der Waals surface area contributed by atoms with Gasteiger partial charge in [0.25, 0.3) is 5.91 Å². The van der Waals surface area contributed by atoms with E-state index in [1.807, 2.05) is 48.2 Å². The summed E-state index contributed by atoms with van der Waals surface area (Å²) in [5.41, 5.74) is 2.07. The van der Waals surface area contributed by atoms with E-state index in [-0.39, 0.29) is 11.8 Å².